The van der Waals surface area contributed by atoms with Crippen molar-refractivity contribution in [3.8, 4) is 0 Å². The Kier molecular flexibility index (Phi) is 5.58. The lowest BCUT2D eigenvalue weighted by Gasteiger charge is -2.34. The van der Waals surface area contributed by atoms with Gasteiger partial charge in [-0.3, -0.25) is 9.69 Å². The van der Waals surface area contributed by atoms with Crippen molar-refractivity contribution in [3.05, 3.63) is 72.3 Å². The molecule has 3 aromatic carbocycles. The number of carbonyl (C=O) groups is 1. The standard InChI is InChI=1S/C24H27N3O/c1-18(28)25-21-13-11-19(12-14-21)16-27-15-5-8-22(17-27)26-24-10-4-7-20-6-2-3-9-23(20)24/h2-4,6-7,9-14,22,26H,5,8,15-17H2,1H3,(H,25,28). The molecule has 1 saturated heterocycles. The Balaban J connectivity index is 1.39. The van der Waals surface area contributed by atoms with E-state index < -0.39 is 0 Å². The number of anilines is 2. The number of nitrogens with one attached hydrogen (secondary N) is 2. The number of hydrogen-bond acceptors (Lipinski definition) is 3. The highest BCUT2D eigenvalue weighted by molar-refractivity contribution is 5.93. The minimum absolute atomic E-state index is 0.0360. The highest BCUT2D eigenvalue weighted by Gasteiger charge is 2.20. The molecule has 0 aliphatic carbocycles. The molecule has 1 unspecified atom stereocenters. The first kappa shape index (κ1) is 18.5. The maximum absolute atomic E-state index is 11.2. The SMILES string of the molecule is CC(=O)Nc1ccc(CN2CCCC(Nc3cccc4ccccc34)C2)cc1. The van der Waals surface area contributed by atoms with Gasteiger partial charge in [-0.2, -0.15) is 0 Å². The van der Waals surface area contributed by atoms with Crippen LogP contribution in [0.5, 0.6) is 0 Å². The first-order valence-electron chi connectivity index (χ1n) is 10.0. The zero-order valence-electron chi connectivity index (χ0n) is 16.3. The number of piperidine rings is 1. The molecule has 1 fully saturated rings. The van der Waals surface area contributed by atoms with Crippen LogP contribution < -0.4 is 10.6 Å². The van der Waals surface area contributed by atoms with Crippen molar-refractivity contribution < 1.29 is 4.79 Å². The average Bonchev–Trinajstić information content (AvgIpc) is 2.70. The van der Waals surface area contributed by atoms with Crippen LogP contribution in [0.2, 0.25) is 0 Å². The van der Waals surface area contributed by atoms with Gasteiger partial charge in [0.1, 0.15) is 0 Å². The quantitative estimate of drug-likeness (QED) is 0.670. The van der Waals surface area contributed by atoms with Gasteiger partial charge in [0, 0.05) is 42.8 Å². The molecule has 28 heavy (non-hydrogen) atoms. The Hall–Kier alpha value is -2.85. The van der Waals surface area contributed by atoms with Crippen LogP contribution in [-0.2, 0) is 11.3 Å². The van der Waals surface area contributed by atoms with E-state index in [1.165, 1.54) is 41.8 Å². The van der Waals surface area contributed by atoms with Crippen molar-refractivity contribution in [2.75, 3.05) is 23.7 Å². The summed E-state index contributed by atoms with van der Waals surface area (Å²) in [6.45, 7) is 4.64. The first-order chi connectivity index (χ1) is 13.7. The van der Waals surface area contributed by atoms with Crippen LogP contribution in [0.3, 0.4) is 0 Å². The van der Waals surface area contributed by atoms with E-state index in [9.17, 15) is 4.79 Å². The highest BCUT2D eigenvalue weighted by Crippen LogP contribution is 2.25. The molecular formula is C24H27N3O. The van der Waals surface area contributed by atoms with Gasteiger partial charge in [0.25, 0.3) is 0 Å². The van der Waals surface area contributed by atoms with Crippen LogP contribution in [0.4, 0.5) is 11.4 Å². The van der Waals surface area contributed by atoms with Crippen LogP contribution >= 0.6 is 0 Å². The summed E-state index contributed by atoms with van der Waals surface area (Å²) in [5, 5.41) is 9.17. The molecule has 4 nitrogen and oxygen atoms in total. The number of fused-ring (bicyclic) bond motifs is 1. The van der Waals surface area contributed by atoms with Crippen molar-refractivity contribution in [2.45, 2.75) is 32.4 Å². The zero-order valence-corrected chi connectivity index (χ0v) is 16.3. The van der Waals surface area contributed by atoms with E-state index in [0.29, 0.717) is 6.04 Å². The van der Waals surface area contributed by atoms with Gasteiger partial charge in [-0.05, 0) is 48.5 Å². The summed E-state index contributed by atoms with van der Waals surface area (Å²) in [5.74, 6) is -0.0360. The molecule has 1 aliphatic heterocycles. The lowest BCUT2D eigenvalue weighted by Crippen LogP contribution is -2.41. The van der Waals surface area contributed by atoms with Crippen molar-refractivity contribution in [1.82, 2.24) is 4.90 Å². The molecule has 0 saturated carbocycles. The van der Waals surface area contributed by atoms with Crippen LogP contribution in [0.15, 0.2) is 66.7 Å². The van der Waals surface area contributed by atoms with Crippen LogP contribution in [0.25, 0.3) is 10.8 Å². The molecule has 0 aromatic heterocycles. The highest BCUT2D eigenvalue weighted by atomic mass is 16.1. The Morgan fingerprint density at radius 2 is 1.82 bits per heavy atom. The average molecular weight is 374 g/mol. The van der Waals surface area contributed by atoms with E-state index in [4.69, 9.17) is 0 Å². The number of benzene rings is 3. The number of amides is 1. The largest absolute Gasteiger partial charge is 0.381 e. The van der Waals surface area contributed by atoms with E-state index in [0.717, 1.165) is 25.3 Å². The summed E-state index contributed by atoms with van der Waals surface area (Å²) in [6, 6.07) is 23.6. The van der Waals surface area contributed by atoms with Gasteiger partial charge in [0.15, 0.2) is 0 Å². The van der Waals surface area contributed by atoms with Gasteiger partial charge < -0.3 is 10.6 Å². The third-order valence-corrected chi connectivity index (χ3v) is 5.34. The topological polar surface area (TPSA) is 44.4 Å². The molecule has 0 spiro atoms. The van der Waals surface area contributed by atoms with Crippen molar-refractivity contribution >= 4 is 28.1 Å². The van der Waals surface area contributed by atoms with Crippen molar-refractivity contribution in [1.29, 1.82) is 0 Å². The second-order valence-electron chi connectivity index (χ2n) is 7.62. The Morgan fingerprint density at radius 3 is 2.64 bits per heavy atom. The van der Waals surface area contributed by atoms with Gasteiger partial charge in [0.2, 0.25) is 5.91 Å². The van der Waals surface area contributed by atoms with Gasteiger partial charge in [-0.15, -0.1) is 0 Å². The second kappa shape index (κ2) is 8.44. The molecule has 3 aromatic rings. The second-order valence-corrected chi connectivity index (χ2v) is 7.62. The van der Waals surface area contributed by atoms with E-state index in [-0.39, 0.29) is 5.91 Å². The normalized spacial score (nSPS) is 17.4. The summed E-state index contributed by atoms with van der Waals surface area (Å²) >= 11 is 0. The van der Waals surface area contributed by atoms with Crippen LogP contribution in [-0.4, -0.2) is 29.9 Å². The van der Waals surface area contributed by atoms with Gasteiger partial charge in [-0.25, -0.2) is 0 Å². The van der Waals surface area contributed by atoms with Gasteiger partial charge in [0.05, 0.1) is 0 Å². The monoisotopic (exact) mass is 373 g/mol. The van der Waals surface area contributed by atoms with E-state index in [1.807, 2.05) is 12.1 Å². The molecule has 1 amide bonds. The maximum atomic E-state index is 11.2. The number of nitrogens with zero attached hydrogens (tertiary/aromatic N) is 1. The smallest absolute Gasteiger partial charge is 0.221 e. The lowest BCUT2D eigenvalue weighted by atomic mass is 10.0. The van der Waals surface area contributed by atoms with E-state index in [1.54, 1.807) is 0 Å². The van der Waals surface area contributed by atoms with Gasteiger partial charge >= 0.3 is 0 Å². The Morgan fingerprint density at radius 1 is 1.04 bits per heavy atom. The number of hydrogen-bond donors (Lipinski definition) is 2. The van der Waals surface area contributed by atoms with Crippen molar-refractivity contribution in [2.24, 2.45) is 0 Å². The lowest BCUT2D eigenvalue weighted by molar-refractivity contribution is -0.114. The summed E-state index contributed by atoms with van der Waals surface area (Å²) in [4.78, 5) is 13.7. The Bertz CT molecular complexity index is 946. The summed E-state index contributed by atoms with van der Waals surface area (Å²) < 4.78 is 0. The van der Waals surface area contributed by atoms with E-state index >= 15 is 0 Å². The number of rotatable bonds is 5. The first-order valence-corrected chi connectivity index (χ1v) is 10.0. The predicted molar refractivity (Wildman–Crippen MR) is 117 cm³/mol. The summed E-state index contributed by atoms with van der Waals surface area (Å²) in [6.07, 6.45) is 2.40. The Labute approximate surface area is 166 Å². The molecule has 0 bridgehead atoms. The number of carbonyl (C=O) groups excluding carboxylic acids is 1. The van der Waals surface area contributed by atoms with Gasteiger partial charge in [-0.1, -0.05) is 48.5 Å². The van der Waals surface area contributed by atoms with Crippen molar-refractivity contribution in [3.63, 3.8) is 0 Å². The molecule has 4 rings (SSSR count). The zero-order chi connectivity index (χ0) is 19.3. The molecular weight excluding hydrogens is 346 g/mol. The fourth-order valence-electron chi connectivity index (χ4n) is 4.04. The molecule has 144 valence electrons. The number of likely N-dealkylation sites (tertiary alicyclic amines) is 1. The molecule has 4 heteroatoms. The minimum atomic E-state index is -0.0360. The molecule has 1 heterocycles. The summed E-state index contributed by atoms with van der Waals surface area (Å²) in [7, 11) is 0. The predicted octanol–water partition coefficient (Wildman–Crippen LogP) is 4.87. The maximum Gasteiger partial charge on any atom is 0.221 e. The fourth-order valence-corrected chi connectivity index (χ4v) is 4.04. The third-order valence-electron chi connectivity index (χ3n) is 5.34. The third kappa shape index (κ3) is 4.52. The van der Waals surface area contributed by atoms with E-state index in [2.05, 4.69) is 70.1 Å². The van der Waals surface area contributed by atoms with Crippen LogP contribution in [0.1, 0.15) is 25.3 Å². The summed E-state index contributed by atoms with van der Waals surface area (Å²) in [5.41, 5.74) is 3.36. The molecule has 0 radical (unpaired) electrons. The van der Waals surface area contributed by atoms with Crippen LogP contribution in [0, 0.1) is 0 Å². The fraction of sp³-hybridized carbons (Fsp3) is 0.292. The molecule has 1 atom stereocenters. The molecule has 1 aliphatic rings. The molecule has 2 N–H and O–H groups in total. The minimum Gasteiger partial charge on any atom is -0.381 e.